The van der Waals surface area contributed by atoms with Crippen LogP contribution in [0, 0.1) is 11.8 Å². The zero-order chi connectivity index (χ0) is 13.8. The van der Waals surface area contributed by atoms with Crippen molar-refractivity contribution in [2.24, 2.45) is 11.8 Å². The molecule has 2 atom stereocenters. The predicted octanol–water partition coefficient (Wildman–Crippen LogP) is 2.65. The zero-order valence-corrected chi connectivity index (χ0v) is 12.1. The topological polar surface area (TPSA) is 49.8 Å². The monoisotopic (exact) mass is 257 g/mol. The molecule has 1 rings (SSSR count). The molecule has 106 valence electrons. The fourth-order valence-electron chi connectivity index (χ4n) is 2.41. The molecule has 1 aliphatic heterocycles. The molecule has 1 fully saturated rings. The van der Waals surface area contributed by atoms with Gasteiger partial charge >= 0.3 is 6.09 Å². The first-order valence-electron chi connectivity index (χ1n) is 6.92. The molecule has 1 aliphatic rings. The quantitative estimate of drug-likeness (QED) is 0.845. The van der Waals surface area contributed by atoms with Gasteiger partial charge in [0, 0.05) is 19.7 Å². The summed E-state index contributed by atoms with van der Waals surface area (Å²) in [7, 11) is 0. The molecule has 0 aromatic carbocycles. The van der Waals surface area contributed by atoms with Crippen molar-refractivity contribution in [3.63, 3.8) is 0 Å². The van der Waals surface area contributed by atoms with E-state index in [1.807, 2.05) is 25.7 Å². The van der Waals surface area contributed by atoms with Gasteiger partial charge in [-0.3, -0.25) is 0 Å². The molecule has 1 N–H and O–H groups in total. The average molecular weight is 257 g/mol. The van der Waals surface area contributed by atoms with Gasteiger partial charge in [0.1, 0.15) is 5.60 Å². The molecule has 0 bridgehead atoms. The second-order valence-electron chi connectivity index (χ2n) is 6.32. The van der Waals surface area contributed by atoms with E-state index in [0.29, 0.717) is 11.8 Å². The van der Waals surface area contributed by atoms with Crippen molar-refractivity contribution in [1.82, 2.24) is 4.90 Å². The van der Waals surface area contributed by atoms with Gasteiger partial charge in [-0.2, -0.15) is 0 Å². The van der Waals surface area contributed by atoms with Gasteiger partial charge in [-0.15, -0.1) is 0 Å². The Hall–Kier alpha value is -0.770. The van der Waals surface area contributed by atoms with E-state index in [2.05, 4.69) is 6.92 Å². The number of amides is 1. The summed E-state index contributed by atoms with van der Waals surface area (Å²) in [5.41, 5.74) is -0.430. The molecule has 4 nitrogen and oxygen atoms in total. The molecule has 2 unspecified atom stereocenters. The first-order chi connectivity index (χ1) is 8.33. The van der Waals surface area contributed by atoms with Crippen molar-refractivity contribution in [2.75, 3.05) is 19.7 Å². The standard InChI is InChI=1S/C14H27NO3/c1-11(7-9-16)12-6-5-8-15(10-12)13(17)18-14(2,3)4/h11-12,16H,5-10H2,1-4H3. The maximum Gasteiger partial charge on any atom is 0.410 e. The summed E-state index contributed by atoms with van der Waals surface area (Å²) >= 11 is 0. The molecule has 0 saturated carbocycles. The van der Waals surface area contributed by atoms with Gasteiger partial charge in [0.05, 0.1) is 0 Å². The van der Waals surface area contributed by atoms with E-state index in [1.54, 1.807) is 0 Å². The number of hydrogen-bond donors (Lipinski definition) is 1. The number of nitrogens with zero attached hydrogens (tertiary/aromatic N) is 1. The van der Waals surface area contributed by atoms with Crippen molar-refractivity contribution in [3.05, 3.63) is 0 Å². The van der Waals surface area contributed by atoms with Gasteiger partial charge in [0.15, 0.2) is 0 Å². The van der Waals surface area contributed by atoms with Crippen LogP contribution in [0.4, 0.5) is 4.79 Å². The number of piperidine rings is 1. The van der Waals surface area contributed by atoms with Crippen molar-refractivity contribution < 1.29 is 14.6 Å². The van der Waals surface area contributed by atoms with Crippen molar-refractivity contribution in [2.45, 2.75) is 52.6 Å². The van der Waals surface area contributed by atoms with E-state index in [4.69, 9.17) is 9.84 Å². The third-order valence-electron chi connectivity index (χ3n) is 3.50. The minimum absolute atomic E-state index is 0.205. The average Bonchev–Trinajstić information content (AvgIpc) is 2.27. The van der Waals surface area contributed by atoms with E-state index < -0.39 is 5.60 Å². The highest BCUT2D eigenvalue weighted by molar-refractivity contribution is 5.68. The highest BCUT2D eigenvalue weighted by Crippen LogP contribution is 2.26. The Morgan fingerprint density at radius 3 is 2.72 bits per heavy atom. The van der Waals surface area contributed by atoms with Crippen molar-refractivity contribution in [3.8, 4) is 0 Å². The number of aliphatic hydroxyl groups is 1. The molecular formula is C14H27NO3. The van der Waals surface area contributed by atoms with Crippen LogP contribution >= 0.6 is 0 Å². The number of hydrogen-bond acceptors (Lipinski definition) is 3. The molecular weight excluding hydrogens is 230 g/mol. The minimum Gasteiger partial charge on any atom is -0.444 e. The molecule has 0 spiro atoms. The number of rotatable bonds is 3. The summed E-state index contributed by atoms with van der Waals surface area (Å²) in [5, 5.41) is 8.99. The van der Waals surface area contributed by atoms with Crippen molar-refractivity contribution >= 4 is 6.09 Å². The van der Waals surface area contributed by atoms with Gasteiger partial charge in [-0.25, -0.2) is 4.79 Å². The highest BCUT2D eigenvalue weighted by atomic mass is 16.6. The van der Waals surface area contributed by atoms with Crippen LogP contribution in [0.25, 0.3) is 0 Å². The normalized spacial score (nSPS) is 22.7. The fraction of sp³-hybridized carbons (Fsp3) is 0.929. The fourth-order valence-corrected chi connectivity index (χ4v) is 2.41. The SMILES string of the molecule is CC(CCO)C1CCCN(C(=O)OC(C)(C)C)C1. The van der Waals surface area contributed by atoms with Gasteiger partial charge in [-0.05, 0) is 51.9 Å². The molecule has 4 heteroatoms. The second-order valence-corrected chi connectivity index (χ2v) is 6.32. The summed E-state index contributed by atoms with van der Waals surface area (Å²) in [4.78, 5) is 13.8. The van der Waals surface area contributed by atoms with Crippen LogP contribution < -0.4 is 0 Å². The largest absolute Gasteiger partial charge is 0.444 e. The lowest BCUT2D eigenvalue weighted by Gasteiger charge is -2.36. The van der Waals surface area contributed by atoms with E-state index >= 15 is 0 Å². The maximum absolute atomic E-state index is 12.0. The lowest BCUT2D eigenvalue weighted by atomic mass is 9.85. The Morgan fingerprint density at radius 1 is 1.50 bits per heavy atom. The third-order valence-corrected chi connectivity index (χ3v) is 3.50. The predicted molar refractivity (Wildman–Crippen MR) is 71.4 cm³/mol. The maximum atomic E-state index is 12.0. The number of carbonyl (C=O) groups is 1. The summed E-state index contributed by atoms with van der Waals surface area (Å²) in [6.07, 6.45) is 2.77. The van der Waals surface area contributed by atoms with Crippen molar-refractivity contribution in [1.29, 1.82) is 0 Å². The third kappa shape index (κ3) is 4.84. The van der Waals surface area contributed by atoms with Gasteiger partial charge in [-0.1, -0.05) is 6.92 Å². The molecule has 0 radical (unpaired) electrons. The van der Waals surface area contributed by atoms with Gasteiger partial charge in [0.2, 0.25) is 0 Å². The van der Waals surface area contributed by atoms with Crippen LogP contribution in [0.5, 0.6) is 0 Å². The van der Waals surface area contributed by atoms with Crippen LogP contribution in [0.1, 0.15) is 47.0 Å². The van der Waals surface area contributed by atoms with Crippen LogP contribution in [0.15, 0.2) is 0 Å². The Morgan fingerprint density at radius 2 is 2.17 bits per heavy atom. The molecule has 18 heavy (non-hydrogen) atoms. The molecule has 0 aliphatic carbocycles. The van der Waals surface area contributed by atoms with Crippen LogP contribution in [-0.2, 0) is 4.74 Å². The van der Waals surface area contributed by atoms with Gasteiger partial charge in [0.25, 0.3) is 0 Å². The van der Waals surface area contributed by atoms with Gasteiger partial charge < -0.3 is 14.7 Å². The highest BCUT2D eigenvalue weighted by Gasteiger charge is 2.29. The molecule has 1 amide bonds. The smallest absolute Gasteiger partial charge is 0.410 e. The van der Waals surface area contributed by atoms with Crippen LogP contribution in [0.3, 0.4) is 0 Å². The summed E-state index contributed by atoms with van der Waals surface area (Å²) in [6.45, 7) is 9.60. The lowest BCUT2D eigenvalue weighted by Crippen LogP contribution is -2.44. The summed E-state index contributed by atoms with van der Waals surface area (Å²) in [5.74, 6) is 0.943. The minimum atomic E-state index is -0.430. The van der Waals surface area contributed by atoms with E-state index in [-0.39, 0.29) is 12.7 Å². The molecule has 0 aromatic rings. The molecule has 0 aromatic heterocycles. The summed E-state index contributed by atoms with van der Waals surface area (Å²) in [6, 6.07) is 0. The molecule has 1 saturated heterocycles. The Balaban J connectivity index is 2.50. The zero-order valence-electron chi connectivity index (χ0n) is 12.1. The Bertz CT molecular complexity index is 273. The second kappa shape index (κ2) is 6.41. The molecule has 1 heterocycles. The first kappa shape index (κ1) is 15.3. The number of likely N-dealkylation sites (tertiary alicyclic amines) is 1. The van der Waals surface area contributed by atoms with E-state index in [0.717, 1.165) is 32.4 Å². The Labute approximate surface area is 110 Å². The van der Waals surface area contributed by atoms with Crippen LogP contribution in [0.2, 0.25) is 0 Å². The Kier molecular flexibility index (Phi) is 5.45. The van der Waals surface area contributed by atoms with Crippen LogP contribution in [-0.4, -0.2) is 41.4 Å². The van der Waals surface area contributed by atoms with E-state index in [9.17, 15) is 4.79 Å². The number of aliphatic hydroxyl groups excluding tert-OH is 1. The lowest BCUT2D eigenvalue weighted by molar-refractivity contribution is 0.0128. The summed E-state index contributed by atoms with van der Waals surface area (Å²) < 4.78 is 5.40. The number of carbonyl (C=O) groups excluding carboxylic acids is 1. The number of ether oxygens (including phenoxy) is 1. The van der Waals surface area contributed by atoms with E-state index in [1.165, 1.54) is 0 Å². The first-order valence-corrected chi connectivity index (χ1v) is 6.92.